The molecule has 1 aromatic heterocycles. The summed E-state index contributed by atoms with van der Waals surface area (Å²) in [5.74, 6) is 0.322. The van der Waals surface area contributed by atoms with Gasteiger partial charge < -0.3 is 5.73 Å². The average Bonchev–Trinajstić information content (AvgIpc) is 2.65. The Morgan fingerprint density at radius 2 is 2.19 bits per heavy atom. The standard InChI is InChI=1S/C9H7ClN4O2/c10-7-2-1-6(14(15)16)5-8(7)13-4-3-9(11)12-13/h1-5H,(H2,11,12). The van der Waals surface area contributed by atoms with E-state index in [1.807, 2.05) is 0 Å². The third-order valence-corrected chi connectivity index (χ3v) is 2.32. The Hall–Kier alpha value is -2.08. The quantitative estimate of drug-likeness (QED) is 0.640. The smallest absolute Gasteiger partial charge is 0.271 e. The van der Waals surface area contributed by atoms with Crippen molar-refractivity contribution >= 4 is 23.1 Å². The maximum atomic E-state index is 10.6. The molecule has 0 saturated heterocycles. The highest BCUT2D eigenvalue weighted by Gasteiger charge is 2.11. The van der Waals surface area contributed by atoms with E-state index < -0.39 is 4.92 Å². The molecule has 0 saturated carbocycles. The summed E-state index contributed by atoms with van der Waals surface area (Å²) >= 11 is 5.92. The molecule has 1 aromatic carbocycles. The van der Waals surface area contributed by atoms with E-state index in [1.165, 1.54) is 22.9 Å². The van der Waals surface area contributed by atoms with Crippen LogP contribution in [0.2, 0.25) is 5.02 Å². The predicted molar refractivity (Wildman–Crippen MR) is 59.6 cm³/mol. The minimum Gasteiger partial charge on any atom is -0.382 e. The van der Waals surface area contributed by atoms with Crippen molar-refractivity contribution in [3.63, 3.8) is 0 Å². The number of nitrogens with two attached hydrogens (primary N) is 1. The number of aromatic nitrogens is 2. The normalized spacial score (nSPS) is 10.3. The van der Waals surface area contributed by atoms with Crippen LogP contribution in [0.5, 0.6) is 0 Å². The molecule has 0 amide bonds. The molecular weight excluding hydrogens is 232 g/mol. The van der Waals surface area contributed by atoms with Gasteiger partial charge in [-0.1, -0.05) is 11.6 Å². The Labute approximate surface area is 95.4 Å². The Morgan fingerprint density at radius 1 is 1.44 bits per heavy atom. The van der Waals surface area contributed by atoms with Gasteiger partial charge in [-0.15, -0.1) is 0 Å². The van der Waals surface area contributed by atoms with Gasteiger partial charge in [0.1, 0.15) is 5.82 Å². The van der Waals surface area contributed by atoms with Crippen LogP contribution >= 0.6 is 11.6 Å². The molecule has 0 unspecified atom stereocenters. The predicted octanol–water partition coefficient (Wildman–Crippen LogP) is 2.02. The monoisotopic (exact) mass is 238 g/mol. The molecule has 2 aromatic rings. The second-order valence-corrected chi connectivity index (χ2v) is 3.49. The van der Waals surface area contributed by atoms with Crippen molar-refractivity contribution in [2.45, 2.75) is 0 Å². The molecule has 0 aliphatic heterocycles. The zero-order chi connectivity index (χ0) is 11.7. The molecule has 0 aliphatic carbocycles. The minimum absolute atomic E-state index is 0.0477. The third-order valence-electron chi connectivity index (χ3n) is 2.00. The van der Waals surface area contributed by atoms with Gasteiger partial charge in [0.25, 0.3) is 5.69 Å². The number of nitrogens with zero attached hydrogens (tertiary/aromatic N) is 3. The SMILES string of the molecule is Nc1ccn(-c2cc([N+](=O)[O-])ccc2Cl)n1. The molecule has 0 bridgehead atoms. The maximum absolute atomic E-state index is 10.6. The van der Waals surface area contributed by atoms with E-state index >= 15 is 0 Å². The van der Waals surface area contributed by atoms with Gasteiger partial charge in [-0.05, 0) is 6.07 Å². The highest BCUT2D eigenvalue weighted by molar-refractivity contribution is 6.32. The lowest BCUT2D eigenvalue weighted by Gasteiger charge is -2.03. The van der Waals surface area contributed by atoms with Gasteiger partial charge >= 0.3 is 0 Å². The molecule has 2 rings (SSSR count). The molecule has 7 heteroatoms. The number of nitrogen functional groups attached to an aromatic ring is 1. The molecule has 16 heavy (non-hydrogen) atoms. The van der Waals surface area contributed by atoms with Crippen LogP contribution in [0.3, 0.4) is 0 Å². The number of hydrogen-bond donors (Lipinski definition) is 1. The number of halogens is 1. The van der Waals surface area contributed by atoms with Crippen LogP contribution < -0.4 is 5.73 Å². The van der Waals surface area contributed by atoms with Gasteiger partial charge in [0.05, 0.1) is 15.6 Å². The van der Waals surface area contributed by atoms with Crippen LogP contribution in [-0.4, -0.2) is 14.7 Å². The number of non-ortho nitro benzene ring substituents is 1. The highest BCUT2D eigenvalue weighted by Crippen LogP contribution is 2.25. The van der Waals surface area contributed by atoms with Crippen molar-refractivity contribution in [1.29, 1.82) is 0 Å². The molecular formula is C9H7ClN4O2. The fourth-order valence-electron chi connectivity index (χ4n) is 1.26. The van der Waals surface area contributed by atoms with Gasteiger partial charge in [-0.25, -0.2) is 4.68 Å². The van der Waals surface area contributed by atoms with Crippen molar-refractivity contribution in [3.05, 3.63) is 45.6 Å². The van der Waals surface area contributed by atoms with Gasteiger partial charge in [0.15, 0.2) is 0 Å². The largest absolute Gasteiger partial charge is 0.382 e. The van der Waals surface area contributed by atoms with Gasteiger partial charge in [0, 0.05) is 24.4 Å². The Morgan fingerprint density at radius 3 is 2.75 bits per heavy atom. The summed E-state index contributed by atoms with van der Waals surface area (Å²) < 4.78 is 1.39. The molecule has 0 atom stereocenters. The van der Waals surface area contributed by atoms with E-state index in [4.69, 9.17) is 17.3 Å². The van der Waals surface area contributed by atoms with Crippen LogP contribution in [0.1, 0.15) is 0 Å². The van der Waals surface area contributed by atoms with Crippen LogP contribution in [-0.2, 0) is 0 Å². The molecule has 1 heterocycles. The summed E-state index contributed by atoms with van der Waals surface area (Å²) in [4.78, 5) is 10.1. The first-order chi connectivity index (χ1) is 7.58. The van der Waals surface area contributed by atoms with Crippen molar-refractivity contribution in [2.24, 2.45) is 0 Å². The van der Waals surface area contributed by atoms with E-state index in [-0.39, 0.29) is 5.69 Å². The van der Waals surface area contributed by atoms with Crippen molar-refractivity contribution < 1.29 is 4.92 Å². The molecule has 82 valence electrons. The topological polar surface area (TPSA) is 87.0 Å². The highest BCUT2D eigenvalue weighted by atomic mass is 35.5. The van der Waals surface area contributed by atoms with E-state index in [2.05, 4.69) is 5.10 Å². The molecule has 0 fully saturated rings. The van der Waals surface area contributed by atoms with E-state index in [0.717, 1.165) is 0 Å². The lowest BCUT2D eigenvalue weighted by atomic mass is 10.3. The van der Waals surface area contributed by atoms with E-state index in [1.54, 1.807) is 12.3 Å². The van der Waals surface area contributed by atoms with Crippen LogP contribution in [0, 0.1) is 10.1 Å². The summed E-state index contributed by atoms with van der Waals surface area (Å²) in [7, 11) is 0. The number of nitro benzene ring substituents is 1. The van der Waals surface area contributed by atoms with Crippen molar-refractivity contribution in [3.8, 4) is 5.69 Å². The number of nitro groups is 1. The van der Waals surface area contributed by atoms with E-state index in [9.17, 15) is 10.1 Å². The number of anilines is 1. The molecule has 0 spiro atoms. The lowest BCUT2D eigenvalue weighted by molar-refractivity contribution is -0.384. The summed E-state index contributed by atoms with van der Waals surface area (Å²) in [5, 5.41) is 14.9. The van der Waals surface area contributed by atoms with Crippen LogP contribution in [0.4, 0.5) is 11.5 Å². The number of hydrogen-bond acceptors (Lipinski definition) is 4. The lowest BCUT2D eigenvalue weighted by Crippen LogP contribution is -1.98. The first-order valence-electron chi connectivity index (χ1n) is 4.33. The molecule has 6 nitrogen and oxygen atoms in total. The van der Waals surface area contributed by atoms with Gasteiger partial charge in [0.2, 0.25) is 0 Å². The Balaban J connectivity index is 2.55. The van der Waals surface area contributed by atoms with Crippen LogP contribution in [0.25, 0.3) is 5.69 Å². The summed E-state index contributed by atoms with van der Waals surface area (Å²) in [6, 6.07) is 5.70. The third kappa shape index (κ3) is 1.82. The fraction of sp³-hybridized carbons (Fsp3) is 0. The summed E-state index contributed by atoms with van der Waals surface area (Å²) in [5.41, 5.74) is 5.83. The number of rotatable bonds is 2. The zero-order valence-electron chi connectivity index (χ0n) is 8.00. The van der Waals surface area contributed by atoms with Gasteiger partial charge in [-0.3, -0.25) is 10.1 Å². The maximum Gasteiger partial charge on any atom is 0.271 e. The second-order valence-electron chi connectivity index (χ2n) is 3.08. The van der Waals surface area contributed by atoms with Crippen molar-refractivity contribution in [1.82, 2.24) is 9.78 Å². The number of benzene rings is 1. The van der Waals surface area contributed by atoms with Crippen molar-refractivity contribution in [2.75, 3.05) is 5.73 Å². The Kier molecular flexibility index (Phi) is 2.49. The summed E-state index contributed by atoms with van der Waals surface area (Å²) in [6.45, 7) is 0. The minimum atomic E-state index is -0.493. The van der Waals surface area contributed by atoms with Gasteiger partial charge in [-0.2, -0.15) is 5.10 Å². The first kappa shape index (κ1) is 10.4. The molecule has 0 aliphatic rings. The van der Waals surface area contributed by atoms with E-state index in [0.29, 0.717) is 16.5 Å². The molecule has 2 N–H and O–H groups in total. The fourth-order valence-corrected chi connectivity index (χ4v) is 1.47. The molecule has 0 radical (unpaired) electrons. The zero-order valence-corrected chi connectivity index (χ0v) is 8.76. The summed E-state index contributed by atoms with van der Waals surface area (Å²) in [6.07, 6.45) is 1.58. The second kappa shape index (κ2) is 3.82. The first-order valence-corrected chi connectivity index (χ1v) is 4.71. The van der Waals surface area contributed by atoms with Crippen LogP contribution in [0.15, 0.2) is 30.5 Å². The Bertz CT molecular complexity index is 552. The average molecular weight is 239 g/mol.